The third kappa shape index (κ3) is 4.36. The first-order chi connectivity index (χ1) is 10.3. The number of nitrogens with zero attached hydrogens (tertiary/aromatic N) is 1. The molecule has 0 radical (unpaired) electrons. The highest BCUT2D eigenvalue weighted by atomic mass is 28.3. The van der Waals surface area contributed by atoms with Crippen LogP contribution in [0.25, 0.3) is 0 Å². The summed E-state index contributed by atoms with van der Waals surface area (Å²) in [5.41, 5.74) is 5.12. The molecule has 0 amide bonds. The number of piperazine rings is 1. The van der Waals surface area contributed by atoms with Crippen molar-refractivity contribution in [3.63, 3.8) is 0 Å². The molecule has 1 unspecified atom stereocenters. The largest absolute Gasteiger partial charge is 0.478 e. The monoisotopic (exact) mass is 316 g/mol. The number of rotatable bonds is 2. The maximum atomic E-state index is 11.6. The van der Waals surface area contributed by atoms with E-state index in [4.69, 9.17) is 0 Å². The smallest absolute Gasteiger partial charge is 0.337 e. The number of carboxylic acids is 1. The maximum Gasteiger partial charge on any atom is 0.337 e. The standard InChI is InChI=1S/C17H24N2O2Si/c1-13-12-19(9-8-18-13)15-6-5-14(7-10-22(2,3)4)16(11-15)17(20)21/h5-6,11,13,18H,8-9,12H2,1-4H3,(H,20,21). The quantitative estimate of drug-likeness (QED) is 0.650. The van der Waals surface area contributed by atoms with Gasteiger partial charge in [0.1, 0.15) is 8.07 Å². The number of carbonyl (C=O) groups is 1. The second kappa shape index (κ2) is 6.55. The minimum atomic E-state index is -1.53. The Labute approximate surface area is 133 Å². The fourth-order valence-corrected chi connectivity index (χ4v) is 2.95. The minimum Gasteiger partial charge on any atom is -0.478 e. The zero-order chi connectivity index (χ0) is 16.3. The molecule has 1 aliphatic heterocycles. The van der Waals surface area contributed by atoms with Crippen molar-refractivity contribution in [3.05, 3.63) is 29.3 Å². The first-order valence-corrected chi connectivity index (χ1v) is 11.1. The van der Waals surface area contributed by atoms with Gasteiger partial charge in [0.2, 0.25) is 0 Å². The molecule has 0 aliphatic carbocycles. The fraction of sp³-hybridized carbons (Fsp3) is 0.471. The molecule has 0 aromatic heterocycles. The van der Waals surface area contributed by atoms with E-state index < -0.39 is 14.0 Å². The summed E-state index contributed by atoms with van der Waals surface area (Å²) >= 11 is 0. The zero-order valence-corrected chi connectivity index (χ0v) is 14.7. The molecule has 0 saturated carbocycles. The number of benzene rings is 1. The van der Waals surface area contributed by atoms with E-state index in [0.29, 0.717) is 17.2 Å². The van der Waals surface area contributed by atoms with Gasteiger partial charge >= 0.3 is 5.97 Å². The number of hydrogen-bond acceptors (Lipinski definition) is 3. The molecule has 1 atom stereocenters. The molecule has 1 heterocycles. The average Bonchev–Trinajstić information content (AvgIpc) is 2.44. The molecule has 1 fully saturated rings. The number of carboxylic acid groups (broad SMARTS) is 1. The molecule has 2 N–H and O–H groups in total. The second-order valence-corrected chi connectivity index (χ2v) is 11.6. The van der Waals surface area contributed by atoms with Crippen molar-refractivity contribution in [1.29, 1.82) is 0 Å². The van der Waals surface area contributed by atoms with E-state index in [0.717, 1.165) is 25.3 Å². The Kier molecular flexibility index (Phi) is 4.94. The van der Waals surface area contributed by atoms with Gasteiger partial charge in [0.25, 0.3) is 0 Å². The Morgan fingerprint density at radius 3 is 2.73 bits per heavy atom. The molecule has 0 spiro atoms. The van der Waals surface area contributed by atoms with Crippen LogP contribution >= 0.6 is 0 Å². The highest BCUT2D eigenvalue weighted by molar-refractivity contribution is 6.83. The predicted octanol–water partition coefficient (Wildman–Crippen LogP) is 2.41. The number of hydrogen-bond donors (Lipinski definition) is 2. The Hall–Kier alpha value is -1.77. The molecular weight excluding hydrogens is 292 g/mol. The van der Waals surface area contributed by atoms with Gasteiger partial charge in [0, 0.05) is 36.9 Å². The predicted molar refractivity (Wildman–Crippen MR) is 93.3 cm³/mol. The summed E-state index contributed by atoms with van der Waals surface area (Å²) in [5, 5.41) is 12.9. The number of anilines is 1. The van der Waals surface area contributed by atoms with Gasteiger partial charge in [-0.05, 0) is 25.1 Å². The van der Waals surface area contributed by atoms with Gasteiger partial charge in [-0.1, -0.05) is 25.6 Å². The van der Waals surface area contributed by atoms with Crippen LogP contribution in [-0.2, 0) is 0 Å². The van der Waals surface area contributed by atoms with E-state index in [-0.39, 0.29) is 0 Å². The Morgan fingerprint density at radius 2 is 2.14 bits per heavy atom. The highest BCUT2D eigenvalue weighted by Crippen LogP contribution is 2.21. The minimum absolute atomic E-state index is 0.300. The summed E-state index contributed by atoms with van der Waals surface area (Å²) in [6.07, 6.45) is 0. The third-order valence-electron chi connectivity index (χ3n) is 3.54. The molecule has 1 saturated heterocycles. The lowest BCUT2D eigenvalue weighted by Crippen LogP contribution is -2.49. The van der Waals surface area contributed by atoms with E-state index in [1.54, 1.807) is 6.07 Å². The van der Waals surface area contributed by atoms with Crippen molar-refractivity contribution in [1.82, 2.24) is 5.32 Å². The van der Waals surface area contributed by atoms with Crippen LogP contribution in [0.3, 0.4) is 0 Å². The summed E-state index contributed by atoms with van der Waals surface area (Å²) in [7, 11) is -1.53. The van der Waals surface area contributed by atoms with Gasteiger partial charge in [-0.25, -0.2) is 4.79 Å². The van der Waals surface area contributed by atoms with Crippen molar-refractivity contribution >= 4 is 19.7 Å². The van der Waals surface area contributed by atoms with Crippen LogP contribution in [0, 0.1) is 11.5 Å². The van der Waals surface area contributed by atoms with E-state index in [9.17, 15) is 9.90 Å². The van der Waals surface area contributed by atoms with E-state index in [2.05, 4.69) is 48.2 Å². The average molecular weight is 316 g/mol. The van der Waals surface area contributed by atoms with Gasteiger partial charge in [0.15, 0.2) is 0 Å². The molecule has 22 heavy (non-hydrogen) atoms. The van der Waals surface area contributed by atoms with Crippen LogP contribution in [-0.4, -0.2) is 44.8 Å². The van der Waals surface area contributed by atoms with Gasteiger partial charge in [0.05, 0.1) is 5.56 Å². The van der Waals surface area contributed by atoms with Crippen LogP contribution in [0.1, 0.15) is 22.8 Å². The normalized spacial score (nSPS) is 18.5. The SMILES string of the molecule is CC1CN(c2ccc(C#C[Si](C)(C)C)c(C(=O)O)c2)CCN1. The van der Waals surface area contributed by atoms with Gasteiger partial charge in [-0.3, -0.25) is 0 Å². The van der Waals surface area contributed by atoms with Crippen molar-refractivity contribution in [2.75, 3.05) is 24.5 Å². The fourth-order valence-electron chi connectivity index (χ4n) is 2.44. The summed E-state index contributed by atoms with van der Waals surface area (Å²) in [5.74, 6) is 2.16. The van der Waals surface area contributed by atoms with E-state index in [1.165, 1.54) is 0 Å². The Bertz CT molecular complexity index is 626. The summed E-state index contributed by atoms with van der Waals surface area (Å²) in [6, 6.07) is 6.00. The van der Waals surface area contributed by atoms with E-state index >= 15 is 0 Å². The lowest BCUT2D eigenvalue weighted by Gasteiger charge is -2.33. The van der Waals surface area contributed by atoms with Gasteiger partial charge in [-0.15, -0.1) is 5.54 Å². The molecule has 1 aliphatic rings. The maximum absolute atomic E-state index is 11.6. The van der Waals surface area contributed by atoms with E-state index in [1.807, 2.05) is 12.1 Å². The van der Waals surface area contributed by atoms with Crippen LogP contribution in [0.4, 0.5) is 5.69 Å². The highest BCUT2D eigenvalue weighted by Gasteiger charge is 2.18. The number of nitrogens with one attached hydrogen (secondary N) is 1. The third-order valence-corrected chi connectivity index (χ3v) is 4.41. The van der Waals surface area contributed by atoms with Gasteiger partial charge < -0.3 is 15.3 Å². The number of aromatic carboxylic acids is 1. The molecule has 5 heteroatoms. The molecular formula is C17H24N2O2Si. The molecule has 118 valence electrons. The topological polar surface area (TPSA) is 52.6 Å². The molecule has 2 rings (SSSR count). The zero-order valence-electron chi connectivity index (χ0n) is 13.7. The first kappa shape index (κ1) is 16.6. The van der Waals surface area contributed by atoms with Crippen molar-refractivity contribution in [3.8, 4) is 11.5 Å². The summed E-state index contributed by atoms with van der Waals surface area (Å²) < 4.78 is 0. The Balaban J connectivity index is 2.34. The van der Waals surface area contributed by atoms with Crippen LogP contribution in [0.2, 0.25) is 19.6 Å². The van der Waals surface area contributed by atoms with Crippen LogP contribution in [0.15, 0.2) is 18.2 Å². The molecule has 0 bridgehead atoms. The lowest BCUT2D eigenvalue weighted by molar-refractivity contribution is 0.0696. The Morgan fingerprint density at radius 1 is 1.41 bits per heavy atom. The van der Waals surface area contributed by atoms with Crippen LogP contribution < -0.4 is 10.2 Å². The van der Waals surface area contributed by atoms with Crippen molar-refractivity contribution < 1.29 is 9.90 Å². The van der Waals surface area contributed by atoms with Gasteiger partial charge in [-0.2, -0.15) is 0 Å². The van der Waals surface area contributed by atoms with Crippen molar-refractivity contribution in [2.45, 2.75) is 32.6 Å². The second-order valence-electron chi connectivity index (χ2n) is 6.84. The summed E-state index contributed by atoms with van der Waals surface area (Å²) in [4.78, 5) is 13.8. The lowest BCUT2D eigenvalue weighted by atomic mass is 10.1. The molecule has 1 aromatic rings. The molecule has 1 aromatic carbocycles. The van der Waals surface area contributed by atoms with Crippen LogP contribution in [0.5, 0.6) is 0 Å². The molecule has 4 nitrogen and oxygen atoms in total. The van der Waals surface area contributed by atoms with Crippen molar-refractivity contribution in [2.24, 2.45) is 0 Å². The summed E-state index contributed by atoms with van der Waals surface area (Å²) in [6.45, 7) is 11.3. The first-order valence-electron chi connectivity index (χ1n) is 7.65.